The van der Waals surface area contributed by atoms with Crippen molar-refractivity contribution in [1.82, 2.24) is 5.32 Å². The summed E-state index contributed by atoms with van der Waals surface area (Å²) < 4.78 is 50.2. The Hall–Kier alpha value is -3.53. The van der Waals surface area contributed by atoms with Crippen LogP contribution in [0, 0.1) is 5.92 Å². The molecule has 0 aliphatic carbocycles. The van der Waals surface area contributed by atoms with E-state index in [0.717, 1.165) is 17.7 Å². The molecule has 2 N–H and O–H groups in total. The van der Waals surface area contributed by atoms with Crippen LogP contribution in [0.1, 0.15) is 40.4 Å². The van der Waals surface area contributed by atoms with E-state index in [2.05, 4.69) is 21.2 Å². The van der Waals surface area contributed by atoms with Gasteiger partial charge in [-0.2, -0.15) is 13.2 Å². The minimum Gasteiger partial charge on any atom is -0.496 e. The number of hydrogen-bond donors (Lipinski definition) is 2. The predicted molar refractivity (Wildman–Crippen MR) is 135 cm³/mol. The highest BCUT2D eigenvalue weighted by Crippen LogP contribution is 2.35. The topological polar surface area (TPSA) is 84.9 Å². The van der Waals surface area contributed by atoms with E-state index in [4.69, 9.17) is 9.47 Å². The monoisotopic (exact) mass is 579 g/mol. The molecule has 196 valence electrons. The number of carbonyl (C=O) groups is 2. The lowest BCUT2D eigenvalue weighted by molar-refractivity contribution is -0.141. The van der Waals surface area contributed by atoms with E-state index in [-0.39, 0.29) is 22.3 Å². The molecular weight excluding hydrogens is 555 g/mol. The SMILES string of the molecule is CC[C@@H](Cc1ccc(OC)c(C(=O)NCc2ccc(Oc3cc(Br)cc(C(F)(F)F)c3)cc2)c1)C(=O)O. The van der Waals surface area contributed by atoms with E-state index in [0.29, 0.717) is 29.9 Å². The van der Waals surface area contributed by atoms with Crippen molar-refractivity contribution < 1.29 is 37.3 Å². The summed E-state index contributed by atoms with van der Waals surface area (Å²) in [4.78, 5) is 24.2. The zero-order valence-electron chi connectivity index (χ0n) is 20.1. The molecule has 10 heteroatoms. The van der Waals surface area contributed by atoms with Crippen molar-refractivity contribution in [2.75, 3.05) is 7.11 Å². The van der Waals surface area contributed by atoms with Gasteiger partial charge in [-0.3, -0.25) is 9.59 Å². The third-order valence-electron chi connectivity index (χ3n) is 5.64. The Morgan fingerprint density at radius 3 is 2.27 bits per heavy atom. The van der Waals surface area contributed by atoms with Crippen molar-refractivity contribution >= 4 is 27.8 Å². The van der Waals surface area contributed by atoms with Gasteiger partial charge in [0.25, 0.3) is 5.91 Å². The first-order chi connectivity index (χ1) is 17.5. The molecule has 0 bridgehead atoms. The largest absolute Gasteiger partial charge is 0.496 e. The van der Waals surface area contributed by atoms with Crippen LogP contribution in [0.5, 0.6) is 17.2 Å². The number of carbonyl (C=O) groups excluding carboxylic acids is 1. The summed E-state index contributed by atoms with van der Waals surface area (Å²) in [6.45, 7) is 1.97. The fourth-order valence-corrected chi connectivity index (χ4v) is 4.10. The summed E-state index contributed by atoms with van der Waals surface area (Å²) in [7, 11) is 1.44. The molecule has 0 saturated carbocycles. The summed E-state index contributed by atoms with van der Waals surface area (Å²) in [5, 5.41) is 12.1. The molecular formula is C27H25BrF3NO5. The van der Waals surface area contributed by atoms with Crippen molar-refractivity contribution in [1.29, 1.82) is 0 Å². The van der Waals surface area contributed by atoms with Crippen LogP contribution in [-0.4, -0.2) is 24.1 Å². The number of ether oxygens (including phenoxy) is 2. The average molecular weight is 580 g/mol. The van der Waals surface area contributed by atoms with E-state index < -0.39 is 29.5 Å². The maximum absolute atomic E-state index is 13.0. The molecule has 0 fully saturated rings. The van der Waals surface area contributed by atoms with E-state index in [1.807, 2.05) is 0 Å². The maximum Gasteiger partial charge on any atom is 0.416 e. The average Bonchev–Trinajstić information content (AvgIpc) is 2.85. The Morgan fingerprint density at radius 2 is 1.68 bits per heavy atom. The van der Waals surface area contributed by atoms with Gasteiger partial charge >= 0.3 is 12.1 Å². The van der Waals surface area contributed by atoms with Gasteiger partial charge < -0.3 is 19.9 Å². The minimum atomic E-state index is -4.50. The Bertz CT molecular complexity index is 1260. The van der Waals surface area contributed by atoms with E-state index in [1.54, 1.807) is 49.4 Å². The van der Waals surface area contributed by atoms with Gasteiger partial charge in [0.2, 0.25) is 0 Å². The van der Waals surface area contributed by atoms with E-state index in [9.17, 15) is 27.9 Å². The molecule has 0 unspecified atom stereocenters. The summed E-state index contributed by atoms with van der Waals surface area (Å²) >= 11 is 3.06. The fraction of sp³-hybridized carbons (Fsp3) is 0.259. The van der Waals surface area contributed by atoms with Gasteiger partial charge in [-0.1, -0.05) is 41.1 Å². The number of alkyl halides is 3. The number of rotatable bonds is 10. The van der Waals surface area contributed by atoms with Crippen LogP contribution < -0.4 is 14.8 Å². The van der Waals surface area contributed by atoms with Gasteiger partial charge in [-0.25, -0.2) is 0 Å². The van der Waals surface area contributed by atoms with E-state index in [1.165, 1.54) is 13.2 Å². The molecule has 6 nitrogen and oxygen atoms in total. The molecule has 3 rings (SSSR count). The molecule has 0 radical (unpaired) electrons. The highest BCUT2D eigenvalue weighted by atomic mass is 79.9. The second-order valence-electron chi connectivity index (χ2n) is 8.28. The van der Waals surface area contributed by atoms with E-state index >= 15 is 0 Å². The van der Waals surface area contributed by atoms with Gasteiger partial charge in [0.1, 0.15) is 17.2 Å². The van der Waals surface area contributed by atoms with Crippen molar-refractivity contribution in [2.24, 2.45) is 5.92 Å². The number of halogens is 4. The summed E-state index contributed by atoms with van der Waals surface area (Å²) in [6, 6.07) is 14.9. The molecule has 0 aliphatic heterocycles. The number of carboxylic acids is 1. The Labute approximate surface area is 220 Å². The first kappa shape index (κ1) is 28.0. The highest BCUT2D eigenvalue weighted by molar-refractivity contribution is 9.10. The van der Waals surface area contributed by atoms with Crippen molar-refractivity contribution in [2.45, 2.75) is 32.5 Å². The van der Waals surface area contributed by atoms with Crippen LogP contribution in [0.4, 0.5) is 13.2 Å². The number of amides is 1. The Kier molecular flexibility index (Phi) is 9.20. The summed E-state index contributed by atoms with van der Waals surface area (Å²) in [5.41, 5.74) is 0.903. The van der Waals surface area contributed by atoms with Crippen molar-refractivity contribution in [3.63, 3.8) is 0 Å². The number of aliphatic carboxylic acids is 1. The van der Waals surface area contributed by atoms with Gasteiger partial charge in [-0.15, -0.1) is 0 Å². The van der Waals surface area contributed by atoms with Crippen LogP contribution in [0.3, 0.4) is 0 Å². The molecule has 3 aromatic carbocycles. The predicted octanol–water partition coefficient (Wildman–Crippen LogP) is 6.85. The normalized spacial score (nSPS) is 12.1. The number of carboxylic acid groups (broad SMARTS) is 1. The van der Waals surface area contributed by atoms with Gasteiger partial charge in [0.05, 0.1) is 24.2 Å². The van der Waals surface area contributed by atoms with Crippen molar-refractivity contribution in [3.05, 3.63) is 87.4 Å². The fourth-order valence-electron chi connectivity index (χ4n) is 3.62. The second-order valence-corrected chi connectivity index (χ2v) is 9.20. The Morgan fingerprint density at radius 1 is 1.00 bits per heavy atom. The van der Waals surface area contributed by atoms with Gasteiger partial charge in [0.15, 0.2) is 0 Å². The molecule has 37 heavy (non-hydrogen) atoms. The molecule has 0 saturated heterocycles. The number of benzene rings is 3. The van der Waals surface area contributed by atoms with Crippen LogP contribution >= 0.6 is 15.9 Å². The maximum atomic E-state index is 13.0. The third-order valence-corrected chi connectivity index (χ3v) is 6.10. The van der Waals surface area contributed by atoms with Crippen LogP contribution in [0.25, 0.3) is 0 Å². The number of methoxy groups -OCH3 is 1. The highest BCUT2D eigenvalue weighted by Gasteiger charge is 2.31. The Balaban J connectivity index is 1.67. The number of hydrogen-bond acceptors (Lipinski definition) is 4. The first-order valence-electron chi connectivity index (χ1n) is 11.3. The minimum absolute atomic E-state index is 0.0305. The molecule has 1 atom stereocenters. The summed E-state index contributed by atoms with van der Waals surface area (Å²) in [6.07, 6.45) is -3.74. The molecule has 3 aromatic rings. The lowest BCUT2D eigenvalue weighted by atomic mass is 9.95. The zero-order chi connectivity index (χ0) is 27.2. The van der Waals surface area contributed by atoms with Crippen LogP contribution in [-0.2, 0) is 23.9 Å². The lowest BCUT2D eigenvalue weighted by Crippen LogP contribution is -2.24. The third kappa shape index (κ3) is 7.72. The standard InChI is InChI=1S/C27H25BrF3NO5/c1-3-18(26(34)35)10-17-6-9-24(36-2)23(11-17)25(33)32-15-16-4-7-21(8-5-16)37-22-13-19(27(29,30)31)12-20(28)14-22/h4-9,11-14,18H,3,10,15H2,1-2H3,(H,32,33)(H,34,35)/t18-/m0/s1. The smallest absolute Gasteiger partial charge is 0.416 e. The van der Waals surface area contributed by atoms with Crippen LogP contribution in [0.2, 0.25) is 0 Å². The molecule has 0 heterocycles. The molecule has 1 amide bonds. The summed E-state index contributed by atoms with van der Waals surface area (Å²) in [5.74, 6) is -1.11. The van der Waals surface area contributed by atoms with Crippen molar-refractivity contribution in [3.8, 4) is 17.2 Å². The zero-order valence-corrected chi connectivity index (χ0v) is 21.7. The molecule has 0 aliphatic rings. The quantitative estimate of drug-likeness (QED) is 0.274. The van der Waals surface area contributed by atoms with Gasteiger partial charge in [-0.05, 0) is 66.4 Å². The molecule has 0 aromatic heterocycles. The first-order valence-corrected chi connectivity index (χ1v) is 12.1. The molecule has 0 spiro atoms. The number of nitrogens with one attached hydrogen (secondary N) is 1. The second kappa shape index (κ2) is 12.1. The van der Waals surface area contributed by atoms with Crippen LogP contribution in [0.15, 0.2) is 65.1 Å². The van der Waals surface area contributed by atoms with Gasteiger partial charge in [0, 0.05) is 11.0 Å². The lowest BCUT2D eigenvalue weighted by Gasteiger charge is -2.14.